The van der Waals surface area contributed by atoms with Crippen molar-refractivity contribution >= 4 is 11.6 Å². The van der Waals surface area contributed by atoms with E-state index in [1.165, 1.54) is 36.8 Å². The Hall–Kier alpha value is -2.06. The molecule has 0 aliphatic rings. The van der Waals surface area contributed by atoms with E-state index in [-0.39, 0.29) is 5.41 Å². The van der Waals surface area contributed by atoms with Gasteiger partial charge in [-0.2, -0.15) is 0 Å². The molecule has 0 amide bonds. The lowest BCUT2D eigenvalue weighted by Crippen LogP contribution is -2.28. The van der Waals surface area contributed by atoms with Crippen LogP contribution < -0.4 is 0 Å². The molecular weight excluding hydrogens is 352 g/mol. The maximum Gasteiger partial charge on any atom is 0.0946 e. The summed E-state index contributed by atoms with van der Waals surface area (Å²) in [6, 6.07) is 19.2. The normalized spacial score (nSPS) is 13.4. The molecule has 0 N–H and O–H groups in total. The minimum atomic E-state index is 0.269. The molecule has 27 heavy (non-hydrogen) atoms. The fourth-order valence-electron chi connectivity index (χ4n) is 4.02. The zero-order valence-electron chi connectivity index (χ0n) is 16.2. The second-order valence-electron chi connectivity index (χ2n) is 7.60. The molecule has 0 bridgehead atoms. The molecule has 2 aromatic carbocycles. The van der Waals surface area contributed by atoms with Crippen LogP contribution in [0.5, 0.6) is 0 Å². The molecule has 3 heteroatoms. The Morgan fingerprint density at radius 2 is 1.56 bits per heavy atom. The number of hydrogen-bond acceptors (Lipinski definition) is 1. The highest BCUT2D eigenvalue weighted by atomic mass is 35.5. The quantitative estimate of drug-likeness (QED) is 0.388. The van der Waals surface area contributed by atoms with E-state index >= 15 is 0 Å². The van der Waals surface area contributed by atoms with Crippen LogP contribution in [0.1, 0.15) is 43.7 Å². The van der Waals surface area contributed by atoms with E-state index in [1.54, 1.807) is 0 Å². The first-order chi connectivity index (χ1) is 13.2. The van der Waals surface area contributed by atoms with E-state index in [0.717, 1.165) is 24.4 Å². The minimum absolute atomic E-state index is 0.269. The minimum Gasteiger partial charge on any atom is -0.337 e. The van der Waals surface area contributed by atoms with Crippen molar-refractivity contribution in [3.8, 4) is 0 Å². The van der Waals surface area contributed by atoms with Crippen molar-refractivity contribution in [1.29, 1.82) is 0 Å². The first kappa shape index (κ1) is 19.7. The van der Waals surface area contributed by atoms with Crippen molar-refractivity contribution in [3.63, 3.8) is 0 Å². The van der Waals surface area contributed by atoms with Gasteiger partial charge in [0.15, 0.2) is 0 Å². The summed E-state index contributed by atoms with van der Waals surface area (Å²) in [5.41, 5.74) is 3.06. The zero-order valence-corrected chi connectivity index (χ0v) is 16.9. The number of hydrogen-bond donors (Lipinski definition) is 0. The Morgan fingerprint density at radius 3 is 2.15 bits per heavy atom. The summed E-state index contributed by atoms with van der Waals surface area (Å²) < 4.78 is 2.25. The van der Waals surface area contributed by atoms with Crippen molar-refractivity contribution in [1.82, 2.24) is 9.55 Å². The van der Waals surface area contributed by atoms with Crippen LogP contribution in [0.15, 0.2) is 73.3 Å². The van der Waals surface area contributed by atoms with Crippen molar-refractivity contribution < 1.29 is 0 Å². The number of benzene rings is 2. The third kappa shape index (κ3) is 5.97. The molecule has 1 aromatic heterocycles. The van der Waals surface area contributed by atoms with Crippen LogP contribution in [0.4, 0.5) is 0 Å². The summed E-state index contributed by atoms with van der Waals surface area (Å²) >= 11 is 6.05. The van der Waals surface area contributed by atoms with E-state index in [9.17, 15) is 0 Å². The van der Waals surface area contributed by atoms with E-state index in [4.69, 9.17) is 11.6 Å². The molecular formula is C24H29ClN2. The molecule has 2 nitrogen and oxygen atoms in total. The lowest BCUT2D eigenvalue weighted by molar-refractivity contribution is 0.179. The second kappa shape index (κ2) is 9.75. The van der Waals surface area contributed by atoms with E-state index in [0.29, 0.717) is 0 Å². The average Bonchev–Trinajstić information content (AvgIpc) is 3.20. The summed E-state index contributed by atoms with van der Waals surface area (Å²) in [5, 5.41) is 0.807. The Labute approximate surface area is 168 Å². The van der Waals surface area contributed by atoms with E-state index in [2.05, 4.69) is 65.1 Å². The number of aromatic nitrogens is 2. The van der Waals surface area contributed by atoms with Crippen molar-refractivity contribution in [2.24, 2.45) is 5.41 Å². The van der Waals surface area contributed by atoms with Gasteiger partial charge in [-0.1, -0.05) is 67.4 Å². The fourth-order valence-corrected chi connectivity index (χ4v) is 4.15. The van der Waals surface area contributed by atoms with Gasteiger partial charge in [-0.3, -0.25) is 0 Å². The van der Waals surface area contributed by atoms with Gasteiger partial charge in [0.2, 0.25) is 0 Å². The zero-order chi connectivity index (χ0) is 19.0. The van der Waals surface area contributed by atoms with Gasteiger partial charge in [0.25, 0.3) is 0 Å². The topological polar surface area (TPSA) is 17.8 Å². The van der Waals surface area contributed by atoms with Gasteiger partial charge in [-0.05, 0) is 60.8 Å². The van der Waals surface area contributed by atoms with Gasteiger partial charge in [0.05, 0.1) is 6.33 Å². The highest BCUT2D eigenvalue weighted by molar-refractivity contribution is 6.30. The predicted octanol–water partition coefficient (Wildman–Crippen LogP) is 6.59. The monoisotopic (exact) mass is 380 g/mol. The Morgan fingerprint density at radius 1 is 0.889 bits per heavy atom. The standard InChI is InChI=1S/C24H29ClN2/c1-2-14-24(19-27-18-17-26-20-27,15-12-21-6-4-3-5-7-21)16-13-22-8-10-23(25)11-9-22/h3-11,17-18,20H,2,12-16,19H2,1H3. The molecule has 3 aromatic rings. The van der Waals surface area contributed by atoms with Gasteiger partial charge >= 0.3 is 0 Å². The molecule has 0 saturated heterocycles. The maximum atomic E-state index is 6.05. The predicted molar refractivity (Wildman–Crippen MR) is 114 cm³/mol. The summed E-state index contributed by atoms with van der Waals surface area (Å²) in [5.74, 6) is 0. The van der Waals surface area contributed by atoms with Gasteiger partial charge in [-0.25, -0.2) is 4.98 Å². The molecule has 0 saturated carbocycles. The molecule has 0 aliphatic carbocycles. The van der Waals surface area contributed by atoms with Crippen molar-refractivity contribution in [3.05, 3.63) is 89.5 Å². The van der Waals surface area contributed by atoms with E-state index in [1.807, 2.05) is 24.7 Å². The molecule has 1 unspecified atom stereocenters. The molecule has 0 fully saturated rings. The summed E-state index contributed by atoms with van der Waals surface area (Å²) in [6.07, 6.45) is 12.9. The first-order valence-electron chi connectivity index (χ1n) is 9.93. The fraction of sp³-hybridized carbons (Fsp3) is 0.375. The maximum absolute atomic E-state index is 6.05. The van der Waals surface area contributed by atoms with E-state index < -0.39 is 0 Å². The van der Waals surface area contributed by atoms with Crippen LogP contribution >= 0.6 is 11.6 Å². The van der Waals surface area contributed by atoms with Crippen LogP contribution in [-0.2, 0) is 19.4 Å². The number of imidazole rings is 1. The lowest BCUT2D eigenvalue weighted by Gasteiger charge is -2.35. The molecule has 0 radical (unpaired) electrons. The molecule has 3 rings (SSSR count). The Bertz CT molecular complexity index is 781. The Kier molecular flexibility index (Phi) is 7.11. The largest absolute Gasteiger partial charge is 0.337 e. The van der Waals surface area contributed by atoms with Crippen LogP contribution in [0.25, 0.3) is 0 Å². The average molecular weight is 381 g/mol. The van der Waals surface area contributed by atoms with Gasteiger partial charge in [-0.15, -0.1) is 0 Å². The van der Waals surface area contributed by atoms with Gasteiger partial charge in [0, 0.05) is 24.0 Å². The van der Waals surface area contributed by atoms with Crippen LogP contribution in [0.2, 0.25) is 5.02 Å². The number of nitrogens with zero attached hydrogens (tertiary/aromatic N) is 2. The number of rotatable bonds is 10. The van der Waals surface area contributed by atoms with Crippen LogP contribution in [0.3, 0.4) is 0 Å². The number of aryl methyl sites for hydroxylation is 2. The smallest absolute Gasteiger partial charge is 0.0946 e. The third-order valence-corrected chi connectivity index (χ3v) is 5.75. The van der Waals surface area contributed by atoms with Crippen LogP contribution in [0, 0.1) is 5.41 Å². The number of halogens is 1. The highest BCUT2D eigenvalue weighted by Crippen LogP contribution is 2.37. The molecule has 0 spiro atoms. The molecule has 0 aliphatic heterocycles. The molecule has 1 atom stereocenters. The third-order valence-electron chi connectivity index (χ3n) is 5.50. The van der Waals surface area contributed by atoms with Crippen molar-refractivity contribution in [2.45, 2.75) is 52.0 Å². The van der Waals surface area contributed by atoms with Crippen LogP contribution in [-0.4, -0.2) is 9.55 Å². The molecule has 1 heterocycles. The summed E-state index contributed by atoms with van der Waals surface area (Å²) in [7, 11) is 0. The SMILES string of the molecule is CCCC(CCc1ccccc1)(CCc1ccc(Cl)cc1)Cn1ccnc1. The Balaban J connectivity index is 1.76. The second-order valence-corrected chi connectivity index (χ2v) is 8.03. The molecule has 142 valence electrons. The lowest BCUT2D eigenvalue weighted by atomic mass is 9.74. The van der Waals surface area contributed by atoms with Gasteiger partial charge in [0.1, 0.15) is 0 Å². The highest BCUT2D eigenvalue weighted by Gasteiger charge is 2.29. The first-order valence-corrected chi connectivity index (χ1v) is 10.3. The van der Waals surface area contributed by atoms with Crippen molar-refractivity contribution in [2.75, 3.05) is 0 Å². The summed E-state index contributed by atoms with van der Waals surface area (Å²) in [4.78, 5) is 4.26. The van der Waals surface area contributed by atoms with Gasteiger partial charge < -0.3 is 4.57 Å². The summed E-state index contributed by atoms with van der Waals surface area (Å²) in [6.45, 7) is 3.33.